The standard InChI is InChI=1S/C27H45NO4/c1-3-4-5-6-7-8-9-10-11-12-16-19-25(29)24-20-28(22(2)26(24)30)27(31)32-21-23-17-14-13-15-18-23/h13-15,17-18,22,24-26,29-30H,3-12,16,19-21H2,1-2H3/t22-,24+,25+,26-/m1/s1. The summed E-state index contributed by atoms with van der Waals surface area (Å²) in [4.78, 5) is 14.1. The lowest BCUT2D eigenvalue weighted by Crippen LogP contribution is -2.37. The molecular weight excluding hydrogens is 402 g/mol. The molecule has 0 unspecified atom stereocenters. The summed E-state index contributed by atoms with van der Waals surface area (Å²) in [7, 11) is 0. The predicted octanol–water partition coefficient (Wildman–Crippen LogP) is 6.07. The average molecular weight is 448 g/mol. The molecule has 1 aromatic rings. The third-order valence-corrected chi connectivity index (χ3v) is 6.87. The zero-order valence-corrected chi connectivity index (χ0v) is 20.3. The Labute approximate surface area is 195 Å². The fraction of sp³-hybridized carbons (Fsp3) is 0.741. The number of aliphatic hydroxyl groups is 2. The highest BCUT2D eigenvalue weighted by Crippen LogP contribution is 2.29. The van der Waals surface area contributed by atoms with Crippen LogP contribution in [-0.4, -0.2) is 46.0 Å². The third-order valence-electron chi connectivity index (χ3n) is 6.87. The Balaban J connectivity index is 1.59. The fourth-order valence-electron chi connectivity index (χ4n) is 4.67. The Morgan fingerprint density at radius 3 is 2.16 bits per heavy atom. The first kappa shape index (κ1) is 26.7. The van der Waals surface area contributed by atoms with Crippen LogP contribution in [0.4, 0.5) is 4.79 Å². The minimum Gasteiger partial charge on any atom is -0.445 e. The van der Waals surface area contributed by atoms with Crippen molar-refractivity contribution in [2.75, 3.05) is 6.54 Å². The van der Waals surface area contributed by atoms with Gasteiger partial charge in [-0.25, -0.2) is 4.79 Å². The molecule has 1 fully saturated rings. The van der Waals surface area contributed by atoms with Crippen LogP contribution in [-0.2, 0) is 11.3 Å². The van der Waals surface area contributed by atoms with Crippen molar-refractivity contribution in [1.29, 1.82) is 0 Å². The smallest absolute Gasteiger partial charge is 0.410 e. The number of likely N-dealkylation sites (tertiary alicyclic amines) is 1. The lowest BCUT2D eigenvalue weighted by Gasteiger charge is -2.22. The number of aliphatic hydroxyl groups excluding tert-OH is 2. The highest BCUT2D eigenvalue weighted by Gasteiger charge is 2.44. The van der Waals surface area contributed by atoms with Crippen LogP contribution in [0.5, 0.6) is 0 Å². The molecule has 32 heavy (non-hydrogen) atoms. The van der Waals surface area contributed by atoms with E-state index in [-0.39, 0.29) is 18.6 Å². The van der Waals surface area contributed by atoms with Gasteiger partial charge in [-0.2, -0.15) is 0 Å². The van der Waals surface area contributed by atoms with Crippen molar-refractivity contribution in [3.05, 3.63) is 35.9 Å². The van der Waals surface area contributed by atoms with E-state index >= 15 is 0 Å². The Morgan fingerprint density at radius 2 is 1.56 bits per heavy atom. The zero-order chi connectivity index (χ0) is 23.2. The Morgan fingerprint density at radius 1 is 1.00 bits per heavy atom. The SMILES string of the molecule is CCCCCCCCCCCCC[C@H](O)[C@@H]1CN(C(=O)OCc2ccccc2)[C@H](C)[C@H]1O. The number of rotatable bonds is 15. The number of ether oxygens (including phenoxy) is 1. The minimum absolute atomic E-state index is 0.213. The summed E-state index contributed by atoms with van der Waals surface area (Å²) in [5.74, 6) is -0.308. The van der Waals surface area contributed by atoms with Crippen molar-refractivity contribution < 1.29 is 19.7 Å². The molecule has 5 heteroatoms. The van der Waals surface area contributed by atoms with Crippen LogP contribution < -0.4 is 0 Å². The Kier molecular flexibility index (Phi) is 12.7. The van der Waals surface area contributed by atoms with Crippen LogP contribution in [0.1, 0.15) is 96.5 Å². The van der Waals surface area contributed by atoms with E-state index in [1.807, 2.05) is 37.3 Å². The van der Waals surface area contributed by atoms with Crippen molar-refractivity contribution in [1.82, 2.24) is 4.90 Å². The lowest BCUT2D eigenvalue weighted by atomic mass is 9.92. The van der Waals surface area contributed by atoms with Crippen molar-refractivity contribution in [2.24, 2.45) is 5.92 Å². The molecule has 1 amide bonds. The van der Waals surface area contributed by atoms with Crippen molar-refractivity contribution in [3.8, 4) is 0 Å². The first-order valence-corrected chi connectivity index (χ1v) is 12.9. The molecule has 182 valence electrons. The van der Waals surface area contributed by atoms with E-state index in [1.165, 1.54) is 57.8 Å². The number of carbonyl (C=O) groups excluding carboxylic acids is 1. The second-order valence-electron chi connectivity index (χ2n) is 9.48. The maximum atomic E-state index is 12.5. The van der Waals surface area contributed by atoms with Gasteiger partial charge in [0.1, 0.15) is 6.61 Å². The van der Waals surface area contributed by atoms with Crippen molar-refractivity contribution in [2.45, 2.75) is 116 Å². The summed E-state index contributed by atoms with van der Waals surface area (Å²) in [5.41, 5.74) is 0.932. The first-order chi connectivity index (χ1) is 15.5. The van der Waals surface area contributed by atoms with Gasteiger partial charge < -0.3 is 19.8 Å². The second-order valence-corrected chi connectivity index (χ2v) is 9.48. The summed E-state index contributed by atoms with van der Waals surface area (Å²) in [6.45, 7) is 4.63. The van der Waals surface area contributed by atoms with Crippen molar-refractivity contribution >= 4 is 6.09 Å². The average Bonchev–Trinajstić information content (AvgIpc) is 3.11. The van der Waals surface area contributed by atoms with Crippen LogP contribution >= 0.6 is 0 Å². The molecule has 1 aliphatic rings. The monoisotopic (exact) mass is 447 g/mol. The molecule has 0 spiro atoms. The van der Waals surface area contributed by atoms with Crippen LogP contribution in [0.15, 0.2) is 30.3 Å². The van der Waals surface area contributed by atoms with Gasteiger partial charge in [0, 0.05) is 12.5 Å². The lowest BCUT2D eigenvalue weighted by molar-refractivity contribution is 0.0252. The number of carbonyl (C=O) groups is 1. The van der Waals surface area contributed by atoms with E-state index in [0.29, 0.717) is 13.0 Å². The molecule has 0 radical (unpaired) electrons. The van der Waals surface area contributed by atoms with Gasteiger partial charge in [0.15, 0.2) is 0 Å². The molecule has 2 N–H and O–H groups in total. The fourth-order valence-corrected chi connectivity index (χ4v) is 4.67. The van der Waals surface area contributed by atoms with Gasteiger partial charge in [-0.15, -0.1) is 0 Å². The summed E-state index contributed by atoms with van der Waals surface area (Å²) in [6, 6.07) is 9.21. The van der Waals surface area contributed by atoms with Crippen LogP contribution in [0.25, 0.3) is 0 Å². The molecule has 4 atom stereocenters. The zero-order valence-electron chi connectivity index (χ0n) is 20.3. The maximum Gasteiger partial charge on any atom is 0.410 e. The Hall–Kier alpha value is -1.59. The number of hydrogen-bond donors (Lipinski definition) is 2. The number of unbranched alkanes of at least 4 members (excludes halogenated alkanes) is 10. The molecule has 1 aromatic carbocycles. The van der Waals surface area contributed by atoms with Crippen LogP contribution in [0.3, 0.4) is 0 Å². The topological polar surface area (TPSA) is 70.0 Å². The number of hydrogen-bond acceptors (Lipinski definition) is 4. The van der Waals surface area contributed by atoms with E-state index in [4.69, 9.17) is 4.74 Å². The van der Waals surface area contributed by atoms with E-state index in [1.54, 1.807) is 4.90 Å². The molecule has 1 aliphatic heterocycles. The van der Waals surface area contributed by atoms with Gasteiger partial charge in [-0.05, 0) is 18.9 Å². The Bertz CT molecular complexity index is 623. The summed E-state index contributed by atoms with van der Waals surface area (Å²) < 4.78 is 5.43. The van der Waals surface area contributed by atoms with Gasteiger partial charge in [0.05, 0.1) is 18.2 Å². The van der Waals surface area contributed by atoms with Gasteiger partial charge in [0.25, 0.3) is 0 Å². The van der Waals surface area contributed by atoms with Gasteiger partial charge >= 0.3 is 6.09 Å². The van der Waals surface area contributed by atoms with Gasteiger partial charge in [-0.1, -0.05) is 108 Å². The molecule has 5 nitrogen and oxygen atoms in total. The molecule has 0 aromatic heterocycles. The minimum atomic E-state index is -0.720. The molecule has 2 rings (SSSR count). The number of nitrogens with zero attached hydrogens (tertiary/aromatic N) is 1. The first-order valence-electron chi connectivity index (χ1n) is 12.9. The molecule has 1 heterocycles. The quantitative estimate of drug-likeness (QED) is 0.320. The largest absolute Gasteiger partial charge is 0.445 e. The normalized spacial score (nSPS) is 21.6. The van der Waals surface area contributed by atoms with Crippen LogP contribution in [0, 0.1) is 5.92 Å². The number of amides is 1. The highest BCUT2D eigenvalue weighted by molar-refractivity contribution is 5.68. The van der Waals surface area contributed by atoms with E-state index in [9.17, 15) is 15.0 Å². The van der Waals surface area contributed by atoms with Crippen LogP contribution in [0.2, 0.25) is 0 Å². The number of benzene rings is 1. The summed E-state index contributed by atoms with van der Waals surface area (Å²) >= 11 is 0. The van der Waals surface area contributed by atoms with Gasteiger partial charge in [-0.3, -0.25) is 0 Å². The molecule has 0 aliphatic carbocycles. The van der Waals surface area contributed by atoms with E-state index < -0.39 is 18.3 Å². The predicted molar refractivity (Wildman–Crippen MR) is 129 cm³/mol. The summed E-state index contributed by atoms with van der Waals surface area (Å²) in [5, 5.41) is 21.2. The van der Waals surface area contributed by atoms with E-state index in [2.05, 4.69) is 6.92 Å². The second kappa shape index (κ2) is 15.3. The molecular formula is C27H45NO4. The summed E-state index contributed by atoms with van der Waals surface area (Å²) in [6.07, 6.45) is 13.0. The maximum absolute atomic E-state index is 12.5. The molecule has 0 saturated carbocycles. The molecule has 0 bridgehead atoms. The highest BCUT2D eigenvalue weighted by atomic mass is 16.6. The van der Waals surface area contributed by atoms with E-state index in [0.717, 1.165) is 18.4 Å². The van der Waals surface area contributed by atoms with Crippen molar-refractivity contribution in [3.63, 3.8) is 0 Å². The molecule has 1 saturated heterocycles. The third kappa shape index (κ3) is 9.11. The van der Waals surface area contributed by atoms with Gasteiger partial charge in [0.2, 0.25) is 0 Å².